The van der Waals surface area contributed by atoms with Gasteiger partial charge in [0, 0.05) is 11.8 Å². The second-order valence-corrected chi connectivity index (χ2v) is 3.79. The third-order valence-electron chi connectivity index (χ3n) is 3.46. The number of Topliss-reactive ketones (excluding diaryl/α,β-unsaturated/α-hetero) is 1. The average molecular weight is 122 g/mol. The van der Waals surface area contributed by atoms with Gasteiger partial charge in [0.1, 0.15) is 5.78 Å². The second-order valence-electron chi connectivity index (χ2n) is 3.79. The standard InChI is InChI=1S/C8H10O/c9-8-6-4-1-2-5(3-4)7(6)8/h4-7H,1-3H2. The maximum atomic E-state index is 11.0. The molecule has 0 spiro atoms. The van der Waals surface area contributed by atoms with Gasteiger partial charge in [-0.25, -0.2) is 0 Å². The molecule has 0 amide bonds. The molecule has 0 aromatic heterocycles. The molecular formula is C8H10O. The minimum atomic E-state index is 0.573. The molecule has 3 fully saturated rings. The molecule has 1 nitrogen and oxygen atoms in total. The van der Waals surface area contributed by atoms with Crippen molar-refractivity contribution >= 4 is 5.78 Å². The lowest BCUT2D eigenvalue weighted by Crippen LogP contribution is -1.95. The van der Waals surface area contributed by atoms with Crippen molar-refractivity contribution < 1.29 is 4.79 Å². The highest BCUT2D eigenvalue weighted by molar-refractivity contribution is 6.01. The van der Waals surface area contributed by atoms with Crippen LogP contribution in [0.4, 0.5) is 0 Å². The summed E-state index contributed by atoms with van der Waals surface area (Å²) < 4.78 is 0. The Morgan fingerprint density at radius 1 is 1.11 bits per heavy atom. The summed E-state index contributed by atoms with van der Waals surface area (Å²) in [6.45, 7) is 0. The van der Waals surface area contributed by atoms with Crippen molar-refractivity contribution in [3.8, 4) is 0 Å². The van der Waals surface area contributed by atoms with Gasteiger partial charge in [-0.1, -0.05) is 0 Å². The SMILES string of the molecule is O=C1C2C3CCC(C3)C12. The van der Waals surface area contributed by atoms with E-state index in [1.54, 1.807) is 0 Å². The summed E-state index contributed by atoms with van der Waals surface area (Å²) in [4.78, 5) is 11.0. The zero-order valence-electron chi connectivity index (χ0n) is 5.34. The van der Waals surface area contributed by atoms with Gasteiger partial charge in [-0.15, -0.1) is 0 Å². The van der Waals surface area contributed by atoms with Gasteiger partial charge in [-0.3, -0.25) is 4.79 Å². The summed E-state index contributed by atoms with van der Waals surface area (Å²) in [5.74, 6) is 3.43. The molecule has 0 aromatic rings. The Labute approximate surface area is 54.4 Å². The first-order valence-corrected chi connectivity index (χ1v) is 3.91. The van der Waals surface area contributed by atoms with Gasteiger partial charge in [-0.05, 0) is 31.1 Å². The highest BCUT2D eigenvalue weighted by Crippen LogP contribution is 2.62. The fourth-order valence-electron chi connectivity index (χ4n) is 3.04. The van der Waals surface area contributed by atoms with Gasteiger partial charge in [0.05, 0.1) is 0 Å². The maximum Gasteiger partial charge on any atom is 0.141 e. The molecule has 0 radical (unpaired) electrons. The molecule has 3 rings (SSSR count). The number of hydrogen-bond donors (Lipinski definition) is 0. The van der Waals surface area contributed by atoms with Crippen LogP contribution in [0.3, 0.4) is 0 Å². The smallest absolute Gasteiger partial charge is 0.141 e. The van der Waals surface area contributed by atoms with Crippen LogP contribution in [-0.4, -0.2) is 5.78 Å². The molecule has 0 heterocycles. The topological polar surface area (TPSA) is 17.1 Å². The predicted molar refractivity (Wildman–Crippen MR) is 32.8 cm³/mol. The molecule has 3 aliphatic carbocycles. The van der Waals surface area contributed by atoms with E-state index in [9.17, 15) is 4.79 Å². The van der Waals surface area contributed by atoms with Crippen LogP contribution in [0.5, 0.6) is 0 Å². The number of rotatable bonds is 0. The Morgan fingerprint density at radius 2 is 1.67 bits per heavy atom. The molecule has 0 aliphatic heterocycles. The summed E-state index contributed by atoms with van der Waals surface area (Å²) >= 11 is 0. The van der Waals surface area contributed by atoms with Gasteiger partial charge in [0.2, 0.25) is 0 Å². The fraction of sp³-hybridized carbons (Fsp3) is 0.875. The zero-order valence-corrected chi connectivity index (χ0v) is 5.34. The third-order valence-corrected chi connectivity index (χ3v) is 3.46. The van der Waals surface area contributed by atoms with E-state index in [1.807, 2.05) is 0 Å². The average Bonchev–Trinajstić information content (AvgIpc) is 2.29. The molecule has 4 atom stereocenters. The largest absolute Gasteiger partial charge is 0.299 e. The second kappa shape index (κ2) is 1.09. The Bertz CT molecular complexity index is 167. The van der Waals surface area contributed by atoms with Crippen LogP contribution >= 0.6 is 0 Å². The normalized spacial score (nSPS) is 60.2. The monoisotopic (exact) mass is 122 g/mol. The number of fused-ring (bicyclic) bond motifs is 5. The Kier molecular flexibility index (Phi) is 0.544. The van der Waals surface area contributed by atoms with Gasteiger partial charge in [-0.2, -0.15) is 0 Å². The first-order chi connectivity index (χ1) is 4.38. The van der Waals surface area contributed by atoms with Crippen LogP contribution in [0, 0.1) is 23.7 Å². The van der Waals surface area contributed by atoms with E-state index >= 15 is 0 Å². The molecule has 0 saturated heterocycles. The molecule has 1 heteroatoms. The number of carbonyl (C=O) groups excluding carboxylic acids is 1. The van der Waals surface area contributed by atoms with E-state index in [-0.39, 0.29) is 0 Å². The summed E-state index contributed by atoms with van der Waals surface area (Å²) in [5, 5.41) is 0. The van der Waals surface area contributed by atoms with Crippen molar-refractivity contribution in [2.45, 2.75) is 19.3 Å². The number of carbonyl (C=O) groups is 1. The quantitative estimate of drug-likeness (QED) is 0.472. The van der Waals surface area contributed by atoms with Crippen LogP contribution in [-0.2, 0) is 4.79 Å². The van der Waals surface area contributed by atoms with Crippen LogP contribution < -0.4 is 0 Å². The minimum absolute atomic E-state index is 0.573. The van der Waals surface area contributed by atoms with Gasteiger partial charge < -0.3 is 0 Å². The molecular weight excluding hydrogens is 112 g/mol. The Balaban J connectivity index is 2.04. The van der Waals surface area contributed by atoms with E-state index in [4.69, 9.17) is 0 Å². The molecule has 48 valence electrons. The van der Waals surface area contributed by atoms with Crippen LogP contribution in [0.25, 0.3) is 0 Å². The minimum Gasteiger partial charge on any atom is -0.299 e. The predicted octanol–water partition coefficient (Wildman–Crippen LogP) is 1.23. The highest BCUT2D eigenvalue weighted by atomic mass is 16.1. The van der Waals surface area contributed by atoms with Gasteiger partial charge in [0.15, 0.2) is 0 Å². The Morgan fingerprint density at radius 3 is 2.11 bits per heavy atom. The van der Waals surface area contributed by atoms with Crippen LogP contribution in [0.2, 0.25) is 0 Å². The first-order valence-electron chi connectivity index (χ1n) is 3.91. The van der Waals surface area contributed by atoms with Gasteiger partial charge in [0.25, 0.3) is 0 Å². The van der Waals surface area contributed by atoms with Gasteiger partial charge >= 0.3 is 0 Å². The lowest BCUT2D eigenvalue weighted by atomic mass is 10.0. The van der Waals surface area contributed by atoms with Crippen molar-refractivity contribution in [2.24, 2.45) is 23.7 Å². The molecule has 2 bridgehead atoms. The van der Waals surface area contributed by atoms with Crippen molar-refractivity contribution in [3.05, 3.63) is 0 Å². The number of hydrogen-bond acceptors (Lipinski definition) is 1. The maximum absolute atomic E-state index is 11.0. The van der Waals surface area contributed by atoms with E-state index in [1.165, 1.54) is 19.3 Å². The number of ketones is 1. The fourth-order valence-corrected chi connectivity index (χ4v) is 3.04. The molecule has 4 unspecified atom stereocenters. The Hall–Kier alpha value is -0.330. The van der Waals surface area contributed by atoms with Crippen molar-refractivity contribution in [1.82, 2.24) is 0 Å². The van der Waals surface area contributed by atoms with E-state index in [2.05, 4.69) is 0 Å². The first kappa shape index (κ1) is 4.48. The molecule has 3 saturated carbocycles. The van der Waals surface area contributed by atoms with Crippen molar-refractivity contribution in [1.29, 1.82) is 0 Å². The molecule has 3 aliphatic rings. The van der Waals surface area contributed by atoms with E-state index in [0.717, 1.165) is 11.8 Å². The summed E-state index contributed by atoms with van der Waals surface area (Å²) in [6, 6.07) is 0. The lowest BCUT2D eigenvalue weighted by Gasteiger charge is -2.02. The molecule has 9 heavy (non-hydrogen) atoms. The van der Waals surface area contributed by atoms with E-state index < -0.39 is 0 Å². The molecule has 0 N–H and O–H groups in total. The third kappa shape index (κ3) is 0.347. The zero-order chi connectivity index (χ0) is 6.01. The van der Waals surface area contributed by atoms with Crippen molar-refractivity contribution in [3.63, 3.8) is 0 Å². The lowest BCUT2D eigenvalue weighted by molar-refractivity contribution is -0.113. The van der Waals surface area contributed by atoms with Crippen LogP contribution in [0.15, 0.2) is 0 Å². The van der Waals surface area contributed by atoms with Crippen LogP contribution in [0.1, 0.15) is 19.3 Å². The summed E-state index contributed by atoms with van der Waals surface area (Å²) in [7, 11) is 0. The van der Waals surface area contributed by atoms with Crippen molar-refractivity contribution in [2.75, 3.05) is 0 Å². The summed E-state index contributed by atoms with van der Waals surface area (Å²) in [6.07, 6.45) is 4.11. The molecule has 0 aromatic carbocycles. The summed E-state index contributed by atoms with van der Waals surface area (Å²) in [5.41, 5.74) is 0. The highest BCUT2D eigenvalue weighted by Gasteiger charge is 2.64. The van der Waals surface area contributed by atoms with E-state index in [0.29, 0.717) is 17.6 Å².